The molecule has 0 aliphatic heterocycles. The Labute approximate surface area is 148 Å². The van der Waals surface area contributed by atoms with E-state index >= 15 is 0 Å². The molecule has 0 spiro atoms. The molecular weight excluding hydrogens is 320 g/mol. The summed E-state index contributed by atoms with van der Waals surface area (Å²) >= 11 is 0. The fraction of sp³-hybridized carbons (Fsp3) is 0.368. The van der Waals surface area contributed by atoms with Gasteiger partial charge in [0.05, 0.1) is 25.5 Å². The van der Waals surface area contributed by atoms with E-state index in [0.29, 0.717) is 23.6 Å². The van der Waals surface area contributed by atoms with Crippen LogP contribution in [0, 0.1) is 0 Å². The molecule has 1 aromatic carbocycles. The van der Waals surface area contributed by atoms with Crippen molar-refractivity contribution in [2.45, 2.75) is 25.9 Å². The first kappa shape index (κ1) is 18.7. The maximum Gasteiger partial charge on any atom is 0.325 e. The molecule has 0 aliphatic carbocycles. The number of methoxy groups -OCH3 is 2. The van der Waals surface area contributed by atoms with Crippen LogP contribution in [0.1, 0.15) is 29.8 Å². The molecule has 25 heavy (non-hydrogen) atoms. The molecular formula is C19H24N2O4. The van der Waals surface area contributed by atoms with Gasteiger partial charge in [-0.2, -0.15) is 0 Å². The minimum atomic E-state index is -0.976. The molecule has 0 aliphatic rings. The molecule has 0 unspecified atom stereocenters. The Morgan fingerprint density at radius 3 is 2.28 bits per heavy atom. The molecule has 6 nitrogen and oxygen atoms in total. The van der Waals surface area contributed by atoms with E-state index in [9.17, 15) is 9.90 Å². The van der Waals surface area contributed by atoms with E-state index in [1.54, 1.807) is 30.1 Å². The van der Waals surface area contributed by atoms with Crippen LogP contribution in [0.25, 0.3) is 0 Å². The average molecular weight is 344 g/mol. The lowest BCUT2D eigenvalue weighted by atomic mass is 10.0. The van der Waals surface area contributed by atoms with E-state index in [-0.39, 0.29) is 0 Å². The van der Waals surface area contributed by atoms with Crippen molar-refractivity contribution >= 4 is 5.97 Å². The number of aliphatic carboxylic acids is 1. The quantitative estimate of drug-likeness (QED) is 0.794. The smallest absolute Gasteiger partial charge is 0.325 e. The number of carbonyl (C=O) groups is 1. The average Bonchev–Trinajstić information content (AvgIpc) is 2.62. The van der Waals surface area contributed by atoms with Crippen LogP contribution in [0.4, 0.5) is 0 Å². The molecule has 0 radical (unpaired) electrons. The zero-order chi connectivity index (χ0) is 18.4. The Morgan fingerprint density at radius 1 is 1.20 bits per heavy atom. The van der Waals surface area contributed by atoms with Crippen LogP contribution in [0.15, 0.2) is 36.5 Å². The zero-order valence-electron chi connectivity index (χ0n) is 15.0. The zero-order valence-corrected chi connectivity index (χ0v) is 15.0. The van der Waals surface area contributed by atoms with Gasteiger partial charge >= 0.3 is 5.97 Å². The largest absolute Gasteiger partial charge is 0.496 e. The minimum absolute atomic E-state index is 0.391. The van der Waals surface area contributed by atoms with Gasteiger partial charge in [0.2, 0.25) is 0 Å². The molecule has 2 rings (SSSR count). The normalized spacial score (nSPS) is 12.0. The molecule has 1 aromatic heterocycles. The van der Waals surface area contributed by atoms with Crippen molar-refractivity contribution in [1.29, 1.82) is 0 Å². The van der Waals surface area contributed by atoms with Crippen LogP contribution in [0.2, 0.25) is 0 Å². The number of ether oxygens (including phenoxy) is 2. The van der Waals surface area contributed by atoms with Crippen LogP contribution < -0.4 is 9.47 Å². The van der Waals surface area contributed by atoms with Crippen molar-refractivity contribution in [1.82, 2.24) is 9.88 Å². The third kappa shape index (κ3) is 4.28. The van der Waals surface area contributed by atoms with Gasteiger partial charge < -0.3 is 14.6 Å². The summed E-state index contributed by atoms with van der Waals surface area (Å²) in [6.07, 6.45) is 2.74. The fourth-order valence-electron chi connectivity index (χ4n) is 2.79. The van der Waals surface area contributed by atoms with Crippen molar-refractivity contribution in [2.75, 3.05) is 21.3 Å². The van der Waals surface area contributed by atoms with Gasteiger partial charge in [-0.25, -0.2) is 0 Å². The standard InChI is InChI=1S/C19H24N2O4/c1-5-13-9-10-14(20-11-13)12-21(2)18(19(22)23)17-15(24-3)7-6-8-16(17)25-4/h6-11,18H,5,12H2,1-4H3,(H,22,23)/t18-/m0/s1. The number of carboxylic acid groups (broad SMARTS) is 1. The molecule has 134 valence electrons. The monoisotopic (exact) mass is 344 g/mol. The van der Waals surface area contributed by atoms with Crippen molar-refractivity contribution in [3.05, 3.63) is 53.3 Å². The van der Waals surface area contributed by atoms with E-state index in [2.05, 4.69) is 11.9 Å². The van der Waals surface area contributed by atoms with Gasteiger partial charge in [-0.05, 0) is 37.2 Å². The highest BCUT2D eigenvalue weighted by atomic mass is 16.5. The van der Waals surface area contributed by atoms with E-state index < -0.39 is 12.0 Å². The first-order valence-corrected chi connectivity index (χ1v) is 8.09. The van der Waals surface area contributed by atoms with Crippen molar-refractivity contribution in [2.24, 2.45) is 0 Å². The molecule has 1 N–H and O–H groups in total. The number of rotatable bonds is 8. The number of aryl methyl sites for hydroxylation is 1. The Kier molecular flexibility index (Phi) is 6.36. The summed E-state index contributed by atoms with van der Waals surface area (Å²) in [5.41, 5.74) is 2.44. The number of benzene rings is 1. The number of hydrogen-bond donors (Lipinski definition) is 1. The Hall–Kier alpha value is -2.60. The number of likely N-dealkylation sites (N-methyl/N-ethyl adjacent to an activating group) is 1. The Bertz CT molecular complexity index is 694. The van der Waals surface area contributed by atoms with Crippen molar-refractivity contribution < 1.29 is 19.4 Å². The molecule has 0 fully saturated rings. The van der Waals surface area contributed by atoms with Gasteiger partial charge in [-0.1, -0.05) is 19.1 Å². The van der Waals surface area contributed by atoms with Gasteiger partial charge in [0.15, 0.2) is 0 Å². The number of nitrogens with zero attached hydrogens (tertiary/aromatic N) is 2. The summed E-state index contributed by atoms with van der Waals surface area (Å²) in [4.78, 5) is 18.1. The molecule has 0 saturated heterocycles. The fourth-order valence-corrected chi connectivity index (χ4v) is 2.79. The molecule has 2 aromatic rings. The van der Waals surface area contributed by atoms with E-state index in [0.717, 1.165) is 17.7 Å². The number of aromatic nitrogens is 1. The van der Waals surface area contributed by atoms with Gasteiger partial charge in [-0.15, -0.1) is 0 Å². The molecule has 0 saturated carbocycles. The summed E-state index contributed by atoms with van der Waals surface area (Å²) < 4.78 is 10.7. The molecule has 1 atom stereocenters. The first-order chi connectivity index (χ1) is 12.0. The predicted molar refractivity (Wildman–Crippen MR) is 95.0 cm³/mol. The number of carboxylic acids is 1. The van der Waals surface area contributed by atoms with Gasteiger partial charge in [0, 0.05) is 12.7 Å². The van der Waals surface area contributed by atoms with Gasteiger partial charge in [0.25, 0.3) is 0 Å². The van der Waals surface area contributed by atoms with Gasteiger partial charge in [0.1, 0.15) is 17.5 Å². The molecule has 0 bridgehead atoms. The molecule has 6 heteroatoms. The second-order valence-corrected chi connectivity index (χ2v) is 5.74. The van der Waals surface area contributed by atoms with Crippen LogP contribution >= 0.6 is 0 Å². The highest BCUT2D eigenvalue weighted by Gasteiger charge is 2.31. The third-order valence-corrected chi connectivity index (χ3v) is 4.12. The highest BCUT2D eigenvalue weighted by Crippen LogP contribution is 2.37. The minimum Gasteiger partial charge on any atom is -0.496 e. The molecule has 1 heterocycles. The summed E-state index contributed by atoms with van der Waals surface area (Å²) in [5.74, 6) is -0.0174. The SMILES string of the molecule is CCc1ccc(CN(C)[C@H](C(=O)O)c2c(OC)cccc2OC)nc1. The summed E-state index contributed by atoms with van der Waals surface area (Å²) in [7, 11) is 4.78. The van der Waals surface area contributed by atoms with E-state index in [1.165, 1.54) is 14.2 Å². The van der Waals surface area contributed by atoms with Crippen LogP contribution in [0.3, 0.4) is 0 Å². The summed E-state index contributed by atoms with van der Waals surface area (Å²) in [6.45, 7) is 2.46. The topological polar surface area (TPSA) is 71.9 Å². The Morgan fingerprint density at radius 2 is 1.84 bits per heavy atom. The maximum atomic E-state index is 12.0. The van der Waals surface area contributed by atoms with E-state index in [4.69, 9.17) is 9.47 Å². The first-order valence-electron chi connectivity index (χ1n) is 8.09. The highest BCUT2D eigenvalue weighted by molar-refractivity contribution is 5.78. The van der Waals surface area contributed by atoms with Crippen LogP contribution in [0.5, 0.6) is 11.5 Å². The van der Waals surface area contributed by atoms with Crippen LogP contribution in [-0.2, 0) is 17.8 Å². The molecule has 0 amide bonds. The van der Waals surface area contributed by atoms with Crippen molar-refractivity contribution in [3.63, 3.8) is 0 Å². The lowest BCUT2D eigenvalue weighted by molar-refractivity contribution is -0.143. The van der Waals surface area contributed by atoms with Gasteiger partial charge in [-0.3, -0.25) is 14.7 Å². The lowest BCUT2D eigenvalue weighted by Gasteiger charge is -2.27. The Balaban J connectivity index is 2.35. The van der Waals surface area contributed by atoms with Crippen molar-refractivity contribution in [3.8, 4) is 11.5 Å². The number of pyridine rings is 1. The second kappa shape index (κ2) is 8.48. The maximum absolute atomic E-state index is 12.0. The predicted octanol–water partition coefficient (Wildman–Crippen LogP) is 2.92. The summed E-state index contributed by atoms with van der Waals surface area (Å²) in [6, 6.07) is 8.25. The van der Waals surface area contributed by atoms with E-state index in [1.807, 2.05) is 18.3 Å². The summed E-state index contributed by atoms with van der Waals surface area (Å²) in [5, 5.41) is 9.82. The number of hydrogen-bond acceptors (Lipinski definition) is 5. The van der Waals surface area contributed by atoms with Crippen LogP contribution in [-0.4, -0.2) is 42.2 Å². The third-order valence-electron chi connectivity index (χ3n) is 4.12. The lowest BCUT2D eigenvalue weighted by Crippen LogP contribution is -2.31. The second-order valence-electron chi connectivity index (χ2n) is 5.74.